The first-order chi connectivity index (χ1) is 6.53. The molecule has 1 aromatic heterocycles. The first kappa shape index (κ1) is 11.2. The molecule has 80 valence electrons. The average Bonchev–Trinajstić information content (AvgIpc) is 2.49. The van der Waals surface area contributed by atoms with Crippen molar-refractivity contribution in [3.8, 4) is 0 Å². The number of rotatable bonds is 5. The van der Waals surface area contributed by atoms with Crippen LogP contribution < -0.4 is 5.73 Å². The monoisotopic (exact) mass is 197 g/mol. The minimum absolute atomic E-state index is 0.274. The van der Waals surface area contributed by atoms with E-state index in [-0.39, 0.29) is 5.54 Å². The number of aromatic nitrogens is 2. The van der Waals surface area contributed by atoms with Gasteiger partial charge >= 0.3 is 0 Å². The lowest BCUT2D eigenvalue weighted by atomic mass is 10.1. The van der Waals surface area contributed by atoms with Crippen LogP contribution in [0.3, 0.4) is 0 Å². The fourth-order valence-electron chi connectivity index (χ4n) is 1.17. The Kier molecular flexibility index (Phi) is 3.66. The Hall–Kier alpha value is -0.870. The predicted octanol–water partition coefficient (Wildman–Crippen LogP) is 1.16. The van der Waals surface area contributed by atoms with Crippen LogP contribution in [0.25, 0.3) is 0 Å². The molecule has 0 unspecified atom stereocenters. The van der Waals surface area contributed by atoms with Crippen molar-refractivity contribution >= 4 is 0 Å². The van der Waals surface area contributed by atoms with Gasteiger partial charge in [0.15, 0.2) is 0 Å². The van der Waals surface area contributed by atoms with Crippen LogP contribution in [0.15, 0.2) is 12.4 Å². The van der Waals surface area contributed by atoms with E-state index in [1.807, 2.05) is 20.0 Å². The summed E-state index contributed by atoms with van der Waals surface area (Å²) in [4.78, 5) is 4.20. The summed E-state index contributed by atoms with van der Waals surface area (Å²) in [6, 6.07) is 0. The molecule has 1 rings (SSSR count). The summed E-state index contributed by atoms with van der Waals surface area (Å²) in [6.07, 6.45) is 3.74. The standard InChI is InChI=1S/C10H19N3O/c1-4-13-6-5-12-9(13)7-14-8-10(2,3)11/h5-6H,4,7-8,11H2,1-3H3. The normalized spacial score (nSPS) is 12.0. The second kappa shape index (κ2) is 4.57. The Bertz CT molecular complexity index is 275. The molecule has 0 saturated carbocycles. The third-order valence-corrected chi connectivity index (χ3v) is 1.85. The van der Waals surface area contributed by atoms with Crippen molar-refractivity contribution in [1.82, 2.24) is 9.55 Å². The highest BCUT2D eigenvalue weighted by molar-refractivity contribution is 4.90. The maximum absolute atomic E-state index is 5.79. The van der Waals surface area contributed by atoms with E-state index in [1.54, 1.807) is 6.20 Å². The molecular weight excluding hydrogens is 178 g/mol. The van der Waals surface area contributed by atoms with Crippen molar-refractivity contribution in [2.24, 2.45) is 5.73 Å². The van der Waals surface area contributed by atoms with Gasteiger partial charge in [0.2, 0.25) is 0 Å². The fourth-order valence-corrected chi connectivity index (χ4v) is 1.17. The molecular formula is C10H19N3O. The Labute approximate surface area is 85.1 Å². The second-order valence-corrected chi connectivity index (χ2v) is 4.11. The van der Waals surface area contributed by atoms with Crippen molar-refractivity contribution in [3.05, 3.63) is 18.2 Å². The number of nitrogens with two attached hydrogens (primary N) is 1. The molecule has 0 aliphatic heterocycles. The zero-order valence-electron chi connectivity index (χ0n) is 9.16. The highest BCUT2D eigenvalue weighted by atomic mass is 16.5. The molecule has 0 atom stereocenters. The topological polar surface area (TPSA) is 53.1 Å². The van der Waals surface area contributed by atoms with Crippen LogP contribution in [0.4, 0.5) is 0 Å². The predicted molar refractivity (Wildman–Crippen MR) is 55.8 cm³/mol. The highest BCUT2D eigenvalue weighted by Crippen LogP contribution is 2.03. The quantitative estimate of drug-likeness (QED) is 0.770. The Morgan fingerprint density at radius 2 is 2.29 bits per heavy atom. The van der Waals surface area contributed by atoms with E-state index in [0.29, 0.717) is 13.2 Å². The van der Waals surface area contributed by atoms with Crippen LogP contribution in [0.1, 0.15) is 26.6 Å². The fraction of sp³-hybridized carbons (Fsp3) is 0.700. The van der Waals surface area contributed by atoms with Gasteiger partial charge in [0.25, 0.3) is 0 Å². The number of aryl methyl sites for hydroxylation is 1. The summed E-state index contributed by atoms with van der Waals surface area (Å²) in [5, 5.41) is 0. The zero-order valence-corrected chi connectivity index (χ0v) is 9.16. The van der Waals surface area contributed by atoms with E-state index >= 15 is 0 Å². The largest absolute Gasteiger partial charge is 0.372 e. The van der Waals surface area contributed by atoms with Gasteiger partial charge in [-0.15, -0.1) is 0 Å². The van der Waals surface area contributed by atoms with Crippen molar-refractivity contribution < 1.29 is 4.74 Å². The molecule has 0 saturated heterocycles. The van der Waals surface area contributed by atoms with Crippen LogP contribution in [0.2, 0.25) is 0 Å². The molecule has 2 N–H and O–H groups in total. The van der Waals surface area contributed by atoms with Gasteiger partial charge in [-0.3, -0.25) is 0 Å². The van der Waals surface area contributed by atoms with Gasteiger partial charge < -0.3 is 15.0 Å². The van der Waals surface area contributed by atoms with Gasteiger partial charge in [-0.2, -0.15) is 0 Å². The summed E-state index contributed by atoms with van der Waals surface area (Å²) < 4.78 is 7.54. The van der Waals surface area contributed by atoms with E-state index in [9.17, 15) is 0 Å². The third kappa shape index (κ3) is 3.47. The molecule has 0 aromatic carbocycles. The number of imidazole rings is 1. The highest BCUT2D eigenvalue weighted by Gasteiger charge is 2.11. The molecule has 0 amide bonds. The molecule has 0 fully saturated rings. The number of ether oxygens (including phenoxy) is 1. The van der Waals surface area contributed by atoms with Crippen molar-refractivity contribution in [1.29, 1.82) is 0 Å². The lowest BCUT2D eigenvalue weighted by molar-refractivity contribution is 0.0789. The van der Waals surface area contributed by atoms with E-state index in [2.05, 4.69) is 16.5 Å². The smallest absolute Gasteiger partial charge is 0.134 e. The Morgan fingerprint density at radius 3 is 2.86 bits per heavy atom. The van der Waals surface area contributed by atoms with Crippen LogP contribution in [0, 0.1) is 0 Å². The summed E-state index contributed by atoms with van der Waals surface area (Å²) >= 11 is 0. The molecule has 1 heterocycles. The third-order valence-electron chi connectivity index (χ3n) is 1.85. The Morgan fingerprint density at radius 1 is 1.57 bits per heavy atom. The zero-order chi connectivity index (χ0) is 10.6. The lowest BCUT2D eigenvalue weighted by Crippen LogP contribution is -2.37. The minimum Gasteiger partial charge on any atom is -0.372 e. The molecule has 0 aliphatic carbocycles. The van der Waals surface area contributed by atoms with Gasteiger partial charge in [0.05, 0.1) is 6.61 Å². The summed E-state index contributed by atoms with van der Waals surface area (Å²) in [5.74, 6) is 0.955. The SMILES string of the molecule is CCn1ccnc1COCC(C)(C)N. The number of hydrogen-bond donors (Lipinski definition) is 1. The molecule has 1 aromatic rings. The summed E-state index contributed by atoms with van der Waals surface area (Å²) in [7, 11) is 0. The second-order valence-electron chi connectivity index (χ2n) is 4.11. The van der Waals surface area contributed by atoms with E-state index in [0.717, 1.165) is 12.4 Å². The van der Waals surface area contributed by atoms with Gasteiger partial charge in [-0.05, 0) is 20.8 Å². The van der Waals surface area contributed by atoms with E-state index in [1.165, 1.54) is 0 Å². The lowest BCUT2D eigenvalue weighted by Gasteiger charge is -2.18. The minimum atomic E-state index is -0.274. The van der Waals surface area contributed by atoms with Crippen molar-refractivity contribution in [2.45, 2.75) is 39.5 Å². The van der Waals surface area contributed by atoms with Crippen LogP contribution in [0.5, 0.6) is 0 Å². The molecule has 14 heavy (non-hydrogen) atoms. The molecule has 4 nitrogen and oxygen atoms in total. The molecule has 0 spiro atoms. The first-order valence-corrected chi connectivity index (χ1v) is 4.89. The molecule has 0 aliphatic rings. The van der Waals surface area contributed by atoms with Gasteiger partial charge in [-0.1, -0.05) is 0 Å². The van der Waals surface area contributed by atoms with E-state index < -0.39 is 0 Å². The first-order valence-electron chi connectivity index (χ1n) is 4.89. The maximum Gasteiger partial charge on any atom is 0.134 e. The maximum atomic E-state index is 5.79. The van der Waals surface area contributed by atoms with Crippen LogP contribution >= 0.6 is 0 Å². The summed E-state index contributed by atoms with van der Waals surface area (Å²) in [6.45, 7) is 7.96. The molecule has 4 heteroatoms. The van der Waals surface area contributed by atoms with Crippen LogP contribution in [-0.4, -0.2) is 21.7 Å². The number of hydrogen-bond acceptors (Lipinski definition) is 3. The molecule has 0 bridgehead atoms. The van der Waals surface area contributed by atoms with E-state index in [4.69, 9.17) is 10.5 Å². The van der Waals surface area contributed by atoms with Crippen LogP contribution in [-0.2, 0) is 17.9 Å². The van der Waals surface area contributed by atoms with Gasteiger partial charge in [-0.25, -0.2) is 4.98 Å². The Balaban J connectivity index is 2.38. The number of nitrogens with zero attached hydrogens (tertiary/aromatic N) is 2. The summed E-state index contributed by atoms with van der Waals surface area (Å²) in [5.41, 5.74) is 5.52. The van der Waals surface area contributed by atoms with Gasteiger partial charge in [0, 0.05) is 24.5 Å². The van der Waals surface area contributed by atoms with Crippen molar-refractivity contribution in [2.75, 3.05) is 6.61 Å². The molecule has 0 radical (unpaired) electrons. The average molecular weight is 197 g/mol. The van der Waals surface area contributed by atoms with Crippen molar-refractivity contribution in [3.63, 3.8) is 0 Å². The van der Waals surface area contributed by atoms with Gasteiger partial charge in [0.1, 0.15) is 12.4 Å².